The molecule has 0 N–H and O–H groups in total. The molecule has 0 aliphatic heterocycles. The minimum atomic E-state index is 0.0632. The van der Waals surface area contributed by atoms with Gasteiger partial charge in [-0.05, 0) is 100 Å². The molecule has 0 saturated heterocycles. The molecule has 0 heterocycles. The van der Waals surface area contributed by atoms with E-state index in [1.165, 1.54) is 96.3 Å². The highest BCUT2D eigenvalue weighted by atomic mass is 16.5. The van der Waals surface area contributed by atoms with Crippen molar-refractivity contribution >= 4 is 5.97 Å². The van der Waals surface area contributed by atoms with E-state index >= 15 is 0 Å². The summed E-state index contributed by atoms with van der Waals surface area (Å²) in [6.07, 6.45) is 25.1. The number of carbonyl (C=O) groups excluding carboxylic acids is 1. The first-order valence-electron chi connectivity index (χ1n) is 13.9. The molecule has 0 aromatic carbocycles. The van der Waals surface area contributed by atoms with E-state index in [1.807, 2.05) is 0 Å². The Morgan fingerprint density at radius 1 is 0.633 bits per heavy atom. The smallest absolute Gasteiger partial charge is 0.306 e. The molecule has 174 valence electrons. The largest absolute Gasteiger partial charge is 0.462 e. The second kappa shape index (κ2) is 13.1. The lowest BCUT2D eigenvalue weighted by Gasteiger charge is -2.41. The number of carbonyl (C=O) groups is 1. The first kappa shape index (κ1) is 24.1. The Morgan fingerprint density at radius 2 is 1.10 bits per heavy atom. The minimum Gasteiger partial charge on any atom is -0.462 e. The van der Waals surface area contributed by atoms with Crippen LogP contribution >= 0.6 is 0 Å². The van der Waals surface area contributed by atoms with Gasteiger partial charge in [-0.2, -0.15) is 0 Å². The molecule has 0 bridgehead atoms. The van der Waals surface area contributed by atoms with Gasteiger partial charge in [0.15, 0.2) is 0 Å². The summed E-state index contributed by atoms with van der Waals surface area (Å²) in [5.74, 6) is 5.05. The maximum atomic E-state index is 12.1. The van der Waals surface area contributed by atoms with Crippen molar-refractivity contribution in [2.75, 3.05) is 0 Å². The summed E-state index contributed by atoms with van der Waals surface area (Å²) in [6.45, 7) is 4.61. The second-order valence-corrected chi connectivity index (χ2v) is 11.1. The number of hydrogen-bond donors (Lipinski definition) is 0. The molecule has 0 atom stereocenters. The number of esters is 1. The van der Waals surface area contributed by atoms with Crippen LogP contribution in [0.15, 0.2) is 0 Å². The van der Waals surface area contributed by atoms with Gasteiger partial charge in [-0.25, -0.2) is 0 Å². The van der Waals surface area contributed by atoms with Crippen molar-refractivity contribution in [3.05, 3.63) is 0 Å². The predicted octanol–water partition coefficient (Wildman–Crippen LogP) is 8.47. The average molecular weight is 419 g/mol. The van der Waals surface area contributed by atoms with Gasteiger partial charge >= 0.3 is 5.97 Å². The highest BCUT2D eigenvalue weighted by Crippen LogP contribution is 2.45. The van der Waals surface area contributed by atoms with Gasteiger partial charge in [0.05, 0.1) is 0 Å². The molecule has 3 saturated carbocycles. The highest BCUT2D eigenvalue weighted by Gasteiger charge is 2.35. The molecule has 2 nitrogen and oxygen atoms in total. The van der Waals surface area contributed by atoms with Crippen molar-refractivity contribution in [2.45, 2.75) is 142 Å². The van der Waals surface area contributed by atoms with E-state index in [9.17, 15) is 4.79 Å². The Balaban J connectivity index is 1.27. The van der Waals surface area contributed by atoms with Crippen molar-refractivity contribution in [1.82, 2.24) is 0 Å². The Bertz CT molecular complexity index is 463. The van der Waals surface area contributed by atoms with Crippen molar-refractivity contribution in [3.63, 3.8) is 0 Å². The van der Waals surface area contributed by atoms with Crippen molar-refractivity contribution in [2.24, 2.45) is 29.6 Å². The standard InChI is InChI=1S/C28H50O2/c1-3-5-6-7-8-9-28(29)30-27-20-18-26(19-21-27)25-16-14-24(15-17-25)23-12-10-22(4-2)11-13-23/h22-27H,3-21H2,1-2H3. The molecular formula is C28H50O2. The van der Waals surface area contributed by atoms with Gasteiger partial charge in [-0.1, -0.05) is 58.8 Å². The molecule has 0 spiro atoms. The molecule has 30 heavy (non-hydrogen) atoms. The maximum absolute atomic E-state index is 12.1. The quantitative estimate of drug-likeness (QED) is 0.263. The van der Waals surface area contributed by atoms with Gasteiger partial charge in [-0.15, -0.1) is 0 Å². The molecular weight excluding hydrogens is 368 g/mol. The summed E-state index contributed by atoms with van der Waals surface area (Å²) in [5.41, 5.74) is 0. The molecule has 0 aromatic heterocycles. The molecule has 0 amide bonds. The van der Waals surface area contributed by atoms with Crippen LogP contribution in [-0.4, -0.2) is 12.1 Å². The van der Waals surface area contributed by atoms with Crippen molar-refractivity contribution in [1.29, 1.82) is 0 Å². The van der Waals surface area contributed by atoms with Crippen molar-refractivity contribution < 1.29 is 9.53 Å². The molecule has 3 aliphatic rings. The zero-order chi connectivity index (χ0) is 21.2. The van der Waals surface area contributed by atoms with E-state index in [-0.39, 0.29) is 12.1 Å². The van der Waals surface area contributed by atoms with E-state index in [0.29, 0.717) is 6.42 Å². The van der Waals surface area contributed by atoms with E-state index < -0.39 is 0 Å². The minimum absolute atomic E-state index is 0.0632. The van der Waals surface area contributed by atoms with Crippen LogP contribution < -0.4 is 0 Å². The van der Waals surface area contributed by atoms with Crippen molar-refractivity contribution in [3.8, 4) is 0 Å². The summed E-state index contributed by atoms with van der Waals surface area (Å²) in [4.78, 5) is 12.1. The monoisotopic (exact) mass is 418 g/mol. The molecule has 3 aliphatic carbocycles. The lowest BCUT2D eigenvalue weighted by atomic mass is 9.65. The number of hydrogen-bond acceptors (Lipinski definition) is 2. The fourth-order valence-corrected chi connectivity index (χ4v) is 6.95. The summed E-state index contributed by atoms with van der Waals surface area (Å²) in [7, 11) is 0. The fraction of sp³-hybridized carbons (Fsp3) is 0.964. The lowest BCUT2D eigenvalue weighted by Crippen LogP contribution is -2.31. The van der Waals surface area contributed by atoms with Crippen LogP contribution in [0.2, 0.25) is 0 Å². The van der Waals surface area contributed by atoms with E-state index in [2.05, 4.69) is 13.8 Å². The van der Waals surface area contributed by atoms with Crippen LogP contribution in [0, 0.1) is 29.6 Å². The molecule has 0 aromatic rings. The van der Waals surface area contributed by atoms with Gasteiger partial charge in [0, 0.05) is 6.42 Å². The average Bonchev–Trinajstić information content (AvgIpc) is 2.80. The Morgan fingerprint density at radius 3 is 1.60 bits per heavy atom. The molecule has 3 rings (SSSR count). The lowest BCUT2D eigenvalue weighted by molar-refractivity contribution is -0.151. The zero-order valence-electron chi connectivity index (χ0n) is 20.2. The molecule has 3 fully saturated rings. The van der Waals surface area contributed by atoms with Crippen LogP contribution in [0.3, 0.4) is 0 Å². The van der Waals surface area contributed by atoms with Gasteiger partial charge in [0.1, 0.15) is 6.10 Å². The van der Waals surface area contributed by atoms with Crippen LogP contribution in [0.4, 0.5) is 0 Å². The summed E-state index contributed by atoms with van der Waals surface area (Å²) in [5, 5.41) is 0. The van der Waals surface area contributed by atoms with Gasteiger partial charge in [0.25, 0.3) is 0 Å². The third kappa shape index (κ3) is 7.56. The van der Waals surface area contributed by atoms with Gasteiger partial charge < -0.3 is 4.74 Å². The first-order valence-corrected chi connectivity index (χ1v) is 13.9. The highest BCUT2D eigenvalue weighted by molar-refractivity contribution is 5.69. The summed E-state index contributed by atoms with van der Waals surface area (Å²) >= 11 is 0. The summed E-state index contributed by atoms with van der Waals surface area (Å²) < 4.78 is 5.81. The third-order valence-electron chi connectivity index (χ3n) is 9.12. The summed E-state index contributed by atoms with van der Waals surface area (Å²) in [6, 6.07) is 0. The van der Waals surface area contributed by atoms with Crippen LogP contribution in [0.5, 0.6) is 0 Å². The van der Waals surface area contributed by atoms with Gasteiger partial charge in [0.2, 0.25) is 0 Å². The topological polar surface area (TPSA) is 26.3 Å². The maximum Gasteiger partial charge on any atom is 0.306 e. The molecule has 2 heteroatoms. The Kier molecular flexibility index (Phi) is 10.5. The van der Waals surface area contributed by atoms with Crippen LogP contribution in [0.1, 0.15) is 136 Å². The van der Waals surface area contributed by atoms with Gasteiger partial charge in [-0.3, -0.25) is 4.79 Å². The number of rotatable bonds is 10. The van der Waals surface area contributed by atoms with E-state index in [4.69, 9.17) is 4.74 Å². The molecule has 0 unspecified atom stereocenters. The SMILES string of the molecule is CCCCCCCC(=O)OC1CCC(C2CCC(C3CCC(CC)CC3)CC2)CC1. The van der Waals surface area contributed by atoms with Crippen LogP contribution in [-0.2, 0) is 9.53 Å². The Labute approximate surface area is 187 Å². The third-order valence-corrected chi connectivity index (χ3v) is 9.12. The molecule has 0 radical (unpaired) electrons. The second-order valence-electron chi connectivity index (χ2n) is 11.1. The fourth-order valence-electron chi connectivity index (χ4n) is 6.95. The first-order chi connectivity index (χ1) is 14.7. The normalized spacial score (nSPS) is 35.1. The van der Waals surface area contributed by atoms with E-state index in [0.717, 1.165) is 48.9 Å². The predicted molar refractivity (Wildman–Crippen MR) is 126 cm³/mol. The van der Waals surface area contributed by atoms with E-state index in [1.54, 1.807) is 0 Å². The van der Waals surface area contributed by atoms with Crippen LogP contribution in [0.25, 0.3) is 0 Å². The Hall–Kier alpha value is -0.530. The zero-order valence-corrected chi connectivity index (χ0v) is 20.2. The number of unbranched alkanes of at least 4 members (excludes halogenated alkanes) is 4. The number of ether oxygens (including phenoxy) is 1.